The van der Waals surface area contributed by atoms with Crippen molar-refractivity contribution in [2.45, 2.75) is 46.7 Å². The SMILES string of the molecule is CCCNCc1ccccc1-c1cnn(CCC)c1C. The summed E-state index contributed by atoms with van der Waals surface area (Å²) < 4.78 is 2.10. The fourth-order valence-electron chi connectivity index (χ4n) is 2.49. The van der Waals surface area contributed by atoms with E-state index in [4.69, 9.17) is 0 Å². The van der Waals surface area contributed by atoms with Crippen LogP contribution in [0.5, 0.6) is 0 Å². The van der Waals surface area contributed by atoms with E-state index in [1.165, 1.54) is 22.4 Å². The average Bonchev–Trinajstić information content (AvgIpc) is 2.82. The molecule has 0 fully saturated rings. The molecule has 3 heteroatoms. The van der Waals surface area contributed by atoms with Crippen LogP contribution in [0.25, 0.3) is 11.1 Å². The third kappa shape index (κ3) is 3.28. The number of hydrogen-bond donors (Lipinski definition) is 1. The number of benzene rings is 1. The molecule has 3 nitrogen and oxygen atoms in total. The zero-order chi connectivity index (χ0) is 14.4. The molecule has 0 aliphatic rings. The predicted octanol–water partition coefficient (Wildman–Crippen LogP) is 3.77. The van der Waals surface area contributed by atoms with E-state index in [-0.39, 0.29) is 0 Å². The molecule has 108 valence electrons. The Morgan fingerprint density at radius 3 is 2.65 bits per heavy atom. The van der Waals surface area contributed by atoms with Crippen molar-refractivity contribution >= 4 is 0 Å². The number of nitrogens with one attached hydrogen (secondary N) is 1. The highest BCUT2D eigenvalue weighted by Crippen LogP contribution is 2.26. The van der Waals surface area contributed by atoms with Crippen LogP contribution in [0.1, 0.15) is 37.9 Å². The van der Waals surface area contributed by atoms with Crippen LogP contribution in [0, 0.1) is 6.92 Å². The monoisotopic (exact) mass is 271 g/mol. The van der Waals surface area contributed by atoms with Gasteiger partial charge in [0.2, 0.25) is 0 Å². The number of nitrogens with zero attached hydrogens (tertiary/aromatic N) is 2. The lowest BCUT2D eigenvalue weighted by atomic mass is 10.0. The second-order valence-electron chi connectivity index (χ2n) is 5.20. The van der Waals surface area contributed by atoms with Gasteiger partial charge >= 0.3 is 0 Å². The van der Waals surface area contributed by atoms with Gasteiger partial charge in [0.15, 0.2) is 0 Å². The molecular formula is C17H25N3. The molecule has 2 rings (SSSR count). The summed E-state index contributed by atoms with van der Waals surface area (Å²) in [7, 11) is 0. The Morgan fingerprint density at radius 1 is 1.10 bits per heavy atom. The summed E-state index contributed by atoms with van der Waals surface area (Å²) in [6.45, 7) is 9.50. The minimum Gasteiger partial charge on any atom is -0.313 e. The highest BCUT2D eigenvalue weighted by Gasteiger charge is 2.11. The highest BCUT2D eigenvalue weighted by atomic mass is 15.3. The van der Waals surface area contributed by atoms with Crippen LogP contribution in [0.3, 0.4) is 0 Å². The van der Waals surface area contributed by atoms with E-state index in [1.807, 2.05) is 6.20 Å². The molecule has 0 amide bonds. The van der Waals surface area contributed by atoms with Gasteiger partial charge in [0.25, 0.3) is 0 Å². The maximum absolute atomic E-state index is 4.52. The summed E-state index contributed by atoms with van der Waals surface area (Å²) in [5.41, 5.74) is 5.16. The molecule has 20 heavy (non-hydrogen) atoms. The van der Waals surface area contributed by atoms with Crippen molar-refractivity contribution in [3.8, 4) is 11.1 Å². The molecular weight excluding hydrogens is 246 g/mol. The third-order valence-electron chi connectivity index (χ3n) is 3.59. The number of rotatable bonds is 7. The number of hydrogen-bond acceptors (Lipinski definition) is 2. The van der Waals surface area contributed by atoms with Crippen LogP contribution >= 0.6 is 0 Å². The molecule has 0 aliphatic heterocycles. The second-order valence-corrected chi connectivity index (χ2v) is 5.20. The van der Waals surface area contributed by atoms with E-state index < -0.39 is 0 Å². The first-order chi connectivity index (χ1) is 9.77. The first-order valence-corrected chi connectivity index (χ1v) is 7.59. The van der Waals surface area contributed by atoms with Crippen molar-refractivity contribution in [2.24, 2.45) is 0 Å². The van der Waals surface area contributed by atoms with E-state index in [0.29, 0.717) is 0 Å². The second kappa shape index (κ2) is 7.25. The molecule has 2 aromatic rings. The summed E-state index contributed by atoms with van der Waals surface area (Å²) in [5, 5.41) is 8.00. The molecule has 0 bridgehead atoms. The van der Waals surface area contributed by atoms with Gasteiger partial charge in [0.05, 0.1) is 6.20 Å². The number of aromatic nitrogens is 2. The Balaban J connectivity index is 2.27. The van der Waals surface area contributed by atoms with Crippen molar-refractivity contribution < 1.29 is 0 Å². The lowest BCUT2D eigenvalue weighted by Gasteiger charge is -2.10. The Morgan fingerprint density at radius 2 is 1.90 bits per heavy atom. The summed E-state index contributed by atoms with van der Waals surface area (Å²) in [6, 6.07) is 8.62. The van der Waals surface area contributed by atoms with Gasteiger partial charge in [0.1, 0.15) is 0 Å². The van der Waals surface area contributed by atoms with Gasteiger partial charge in [-0.25, -0.2) is 0 Å². The van der Waals surface area contributed by atoms with Crippen LogP contribution in [0.2, 0.25) is 0 Å². The van der Waals surface area contributed by atoms with Crippen LogP contribution in [-0.2, 0) is 13.1 Å². The van der Waals surface area contributed by atoms with Gasteiger partial charge in [-0.15, -0.1) is 0 Å². The fourth-order valence-corrected chi connectivity index (χ4v) is 2.49. The van der Waals surface area contributed by atoms with Crippen LogP contribution in [0.4, 0.5) is 0 Å². The van der Waals surface area contributed by atoms with Crippen molar-refractivity contribution in [1.29, 1.82) is 0 Å². The van der Waals surface area contributed by atoms with E-state index >= 15 is 0 Å². The topological polar surface area (TPSA) is 29.9 Å². The van der Waals surface area contributed by atoms with Crippen LogP contribution in [0.15, 0.2) is 30.5 Å². The van der Waals surface area contributed by atoms with E-state index in [0.717, 1.165) is 32.5 Å². The summed E-state index contributed by atoms with van der Waals surface area (Å²) in [4.78, 5) is 0. The van der Waals surface area contributed by atoms with Crippen molar-refractivity contribution in [3.05, 3.63) is 41.7 Å². The Bertz CT molecular complexity index is 543. The molecule has 1 aromatic carbocycles. The lowest BCUT2D eigenvalue weighted by Crippen LogP contribution is -2.14. The van der Waals surface area contributed by atoms with Gasteiger partial charge in [-0.05, 0) is 37.4 Å². The van der Waals surface area contributed by atoms with Crippen molar-refractivity contribution in [2.75, 3.05) is 6.54 Å². The Labute approximate surface area is 122 Å². The van der Waals surface area contributed by atoms with Crippen molar-refractivity contribution in [3.63, 3.8) is 0 Å². The smallest absolute Gasteiger partial charge is 0.0571 e. The minimum absolute atomic E-state index is 0.919. The highest BCUT2D eigenvalue weighted by molar-refractivity contribution is 5.68. The standard InChI is InChI=1S/C17H25N3/c1-4-10-18-12-15-8-6-7-9-16(15)17-13-19-20(11-5-2)14(17)3/h6-9,13,18H,4-5,10-12H2,1-3H3. The van der Waals surface area contributed by atoms with Gasteiger partial charge < -0.3 is 5.32 Å². The molecule has 0 aliphatic carbocycles. The molecule has 1 aromatic heterocycles. The quantitative estimate of drug-likeness (QED) is 0.777. The summed E-state index contributed by atoms with van der Waals surface area (Å²) >= 11 is 0. The molecule has 0 saturated heterocycles. The molecule has 0 radical (unpaired) electrons. The maximum atomic E-state index is 4.52. The van der Waals surface area contributed by atoms with Crippen molar-refractivity contribution in [1.82, 2.24) is 15.1 Å². The van der Waals surface area contributed by atoms with Gasteiger partial charge in [-0.3, -0.25) is 4.68 Å². The molecule has 0 spiro atoms. The first kappa shape index (κ1) is 14.8. The summed E-state index contributed by atoms with van der Waals surface area (Å²) in [5.74, 6) is 0. The third-order valence-corrected chi connectivity index (χ3v) is 3.59. The zero-order valence-electron chi connectivity index (χ0n) is 12.8. The van der Waals surface area contributed by atoms with Gasteiger partial charge in [-0.2, -0.15) is 5.10 Å². The summed E-state index contributed by atoms with van der Waals surface area (Å²) in [6.07, 6.45) is 4.28. The van der Waals surface area contributed by atoms with Gasteiger partial charge in [0, 0.05) is 24.3 Å². The van der Waals surface area contributed by atoms with E-state index in [1.54, 1.807) is 0 Å². The fraction of sp³-hybridized carbons (Fsp3) is 0.471. The largest absolute Gasteiger partial charge is 0.313 e. The molecule has 0 unspecified atom stereocenters. The van der Waals surface area contributed by atoms with E-state index in [2.05, 4.69) is 60.1 Å². The molecule has 1 heterocycles. The van der Waals surface area contributed by atoms with Crippen LogP contribution < -0.4 is 5.32 Å². The zero-order valence-corrected chi connectivity index (χ0v) is 12.8. The molecule has 1 N–H and O–H groups in total. The number of aryl methyl sites for hydroxylation is 1. The normalized spacial score (nSPS) is 10.9. The predicted molar refractivity (Wildman–Crippen MR) is 84.7 cm³/mol. The van der Waals surface area contributed by atoms with Gasteiger partial charge in [-0.1, -0.05) is 38.1 Å². The van der Waals surface area contributed by atoms with E-state index in [9.17, 15) is 0 Å². The molecule has 0 saturated carbocycles. The molecule has 0 atom stereocenters. The Hall–Kier alpha value is -1.61. The minimum atomic E-state index is 0.919. The first-order valence-electron chi connectivity index (χ1n) is 7.59. The average molecular weight is 271 g/mol. The van der Waals surface area contributed by atoms with Crippen LogP contribution in [-0.4, -0.2) is 16.3 Å². The lowest BCUT2D eigenvalue weighted by molar-refractivity contribution is 0.587. The Kier molecular flexibility index (Phi) is 5.36. The maximum Gasteiger partial charge on any atom is 0.0571 e.